The lowest BCUT2D eigenvalue weighted by molar-refractivity contribution is -0.141. The third-order valence-corrected chi connectivity index (χ3v) is 5.37. The van der Waals surface area contributed by atoms with Crippen molar-refractivity contribution in [1.82, 2.24) is 10.2 Å². The number of halogens is 1. The highest BCUT2D eigenvalue weighted by Gasteiger charge is 2.31. The Morgan fingerprint density at radius 2 is 1.64 bits per heavy atom. The van der Waals surface area contributed by atoms with Crippen LogP contribution in [0.25, 0.3) is 0 Å². The smallest absolute Gasteiger partial charge is 0.247 e. The van der Waals surface area contributed by atoms with E-state index in [-0.39, 0.29) is 30.7 Å². The van der Waals surface area contributed by atoms with Crippen molar-refractivity contribution in [3.63, 3.8) is 0 Å². The molecule has 3 rings (SSSR count). The number of para-hydroxylation sites is 1. The van der Waals surface area contributed by atoms with E-state index in [4.69, 9.17) is 4.74 Å². The summed E-state index contributed by atoms with van der Waals surface area (Å²) in [5.41, 5.74) is 2.30. The van der Waals surface area contributed by atoms with Crippen molar-refractivity contribution in [3.8, 4) is 5.75 Å². The minimum atomic E-state index is -0.829. The lowest BCUT2D eigenvalue weighted by Gasteiger charge is -2.31. The number of ether oxygens (including phenoxy) is 1. The van der Waals surface area contributed by atoms with Gasteiger partial charge >= 0.3 is 0 Å². The largest absolute Gasteiger partial charge is 0.496 e. The number of hydrogen-bond donors (Lipinski definition) is 1. The number of amides is 2. The second kappa shape index (κ2) is 11.8. The van der Waals surface area contributed by atoms with Gasteiger partial charge in [-0.2, -0.15) is 0 Å². The van der Waals surface area contributed by atoms with Crippen LogP contribution in [0.4, 0.5) is 4.39 Å². The number of hydrogen-bond acceptors (Lipinski definition) is 3. The summed E-state index contributed by atoms with van der Waals surface area (Å²) < 4.78 is 18.8. The van der Waals surface area contributed by atoms with E-state index in [9.17, 15) is 14.0 Å². The Balaban J connectivity index is 1.92. The molecule has 0 saturated heterocycles. The highest BCUT2D eigenvalue weighted by molar-refractivity contribution is 5.88. The molecule has 0 fully saturated rings. The zero-order chi connectivity index (χ0) is 23.6. The van der Waals surface area contributed by atoms with Crippen LogP contribution in [-0.2, 0) is 22.7 Å². The second-order valence-electron chi connectivity index (χ2n) is 7.74. The van der Waals surface area contributed by atoms with Gasteiger partial charge in [0.05, 0.1) is 7.11 Å². The molecule has 0 aromatic heterocycles. The van der Waals surface area contributed by atoms with Crippen molar-refractivity contribution >= 4 is 11.8 Å². The van der Waals surface area contributed by atoms with Crippen LogP contribution in [0.2, 0.25) is 0 Å². The van der Waals surface area contributed by atoms with Crippen LogP contribution in [0, 0.1) is 5.82 Å². The lowest BCUT2D eigenvalue weighted by Crippen LogP contribution is -2.43. The van der Waals surface area contributed by atoms with Crippen LogP contribution in [0.3, 0.4) is 0 Å². The number of carbonyl (C=O) groups is 2. The molecule has 0 saturated carbocycles. The maximum absolute atomic E-state index is 13.5. The predicted molar refractivity (Wildman–Crippen MR) is 126 cm³/mol. The molecule has 0 spiro atoms. The Morgan fingerprint density at radius 3 is 2.30 bits per heavy atom. The van der Waals surface area contributed by atoms with Crippen LogP contribution in [0.5, 0.6) is 5.75 Å². The molecule has 0 heterocycles. The Kier molecular flexibility index (Phi) is 8.58. The van der Waals surface area contributed by atoms with E-state index < -0.39 is 6.04 Å². The van der Waals surface area contributed by atoms with Gasteiger partial charge in [-0.15, -0.1) is 0 Å². The van der Waals surface area contributed by atoms with Gasteiger partial charge in [0.1, 0.15) is 17.6 Å². The van der Waals surface area contributed by atoms with E-state index in [1.165, 1.54) is 12.1 Å². The fourth-order valence-electron chi connectivity index (χ4n) is 3.70. The minimum Gasteiger partial charge on any atom is -0.496 e. The minimum absolute atomic E-state index is 0.136. The monoisotopic (exact) mass is 448 g/mol. The number of methoxy groups -OCH3 is 1. The van der Waals surface area contributed by atoms with E-state index in [2.05, 4.69) is 5.32 Å². The zero-order valence-electron chi connectivity index (χ0n) is 19.0. The predicted octanol–water partition coefficient (Wildman–Crippen LogP) is 5.02. The fraction of sp³-hybridized carbons (Fsp3) is 0.259. The molecule has 5 nitrogen and oxygen atoms in total. The maximum Gasteiger partial charge on any atom is 0.247 e. The van der Waals surface area contributed by atoms with Crippen molar-refractivity contribution in [2.75, 3.05) is 7.11 Å². The van der Waals surface area contributed by atoms with Gasteiger partial charge in [-0.1, -0.05) is 67.6 Å². The van der Waals surface area contributed by atoms with Crippen molar-refractivity contribution in [3.05, 3.63) is 101 Å². The first-order valence-corrected chi connectivity index (χ1v) is 11.0. The Hall–Kier alpha value is -3.67. The summed E-state index contributed by atoms with van der Waals surface area (Å²) in [7, 11) is 1.58. The first-order chi connectivity index (χ1) is 16.0. The highest BCUT2D eigenvalue weighted by atomic mass is 19.1. The van der Waals surface area contributed by atoms with Gasteiger partial charge in [0.25, 0.3) is 0 Å². The standard InChI is InChI=1S/C27H29FN2O3/c1-3-9-25(31)30(19-20-14-16-23(28)17-15-20)26(21-10-5-4-6-11-21)27(32)29-18-22-12-7-8-13-24(22)33-2/h4-8,10-17,26H,3,9,18-19H2,1-2H3,(H,29,32)/t26-/m1/s1. The number of nitrogens with zero attached hydrogens (tertiary/aromatic N) is 1. The summed E-state index contributed by atoms with van der Waals surface area (Å²) in [4.78, 5) is 28.2. The zero-order valence-corrected chi connectivity index (χ0v) is 19.0. The SMILES string of the molecule is CCCC(=O)N(Cc1ccc(F)cc1)[C@@H](C(=O)NCc1ccccc1OC)c1ccccc1. The van der Waals surface area contributed by atoms with Crippen molar-refractivity contribution in [1.29, 1.82) is 0 Å². The summed E-state index contributed by atoms with van der Waals surface area (Å²) in [5.74, 6) is -0.0968. The van der Waals surface area contributed by atoms with E-state index in [0.717, 1.165) is 11.1 Å². The molecular weight excluding hydrogens is 419 g/mol. The van der Waals surface area contributed by atoms with Crippen molar-refractivity contribution < 1.29 is 18.7 Å². The molecule has 0 radical (unpaired) electrons. The summed E-state index contributed by atoms with van der Waals surface area (Å²) in [6.07, 6.45) is 0.966. The van der Waals surface area contributed by atoms with Crippen LogP contribution >= 0.6 is 0 Å². The molecule has 0 aliphatic carbocycles. The molecule has 1 N–H and O–H groups in total. The summed E-state index contributed by atoms with van der Waals surface area (Å²) in [6, 6.07) is 21.9. The Morgan fingerprint density at radius 1 is 0.970 bits per heavy atom. The first-order valence-electron chi connectivity index (χ1n) is 11.0. The van der Waals surface area contributed by atoms with Crippen molar-refractivity contribution in [2.24, 2.45) is 0 Å². The number of carbonyl (C=O) groups excluding carboxylic acids is 2. The van der Waals surface area contributed by atoms with E-state index in [1.807, 2.05) is 61.5 Å². The summed E-state index contributed by atoms with van der Waals surface area (Å²) >= 11 is 0. The van der Waals surface area contributed by atoms with Gasteiger partial charge in [-0.25, -0.2) is 4.39 Å². The van der Waals surface area contributed by atoms with E-state index in [1.54, 1.807) is 24.1 Å². The molecule has 1 atom stereocenters. The first kappa shape index (κ1) is 24.0. The third-order valence-electron chi connectivity index (χ3n) is 5.37. The number of rotatable bonds is 10. The Bertz CT molecular complexity index is 1050. The molecule has 0 aliphatic rings. The van der Waals surface area contributed by atoms with Gasteiger partial charge in [0.2, 0.25) is 11.8 Å². The topological polar surface area (TPSA) is 58.6 Å². The molecule has 0 unspecified atom stereocenters. The maximum atomic E-state index is 13.5. The van der Waals surface area contributed by atoms with E-state index >= 15 is 0 Å². The molecule has 172 valence electrons. The molecule has 0 bridgehead atoms. The third kappa shape index (κ3) is 6.42. The molecule has 3 aromatic carbocycles. The molecule has 6 heteroatoms. The van der Waals surface area contributed by atoms with Crippen LogP contribution in [0.15, 0.2) is 78.9 Å². The average Bonchev–Trinajstić information content (AvgIpc) is 2.84. The van der Waals surface area contributed by atoms with E-state index in [0.29, 0.717) is 24.2 Å². The molecular formula is C27H29FN2O3. The number of benzene rings is 3. The van der Waals surface area contributed by atoms with Gasteiger partial charge in [-0.3, -0.25) is 9.59 Å². The van der Waals surface area contributed by atoms with Gasteiger partial charge < -0.3 is 15.0 Å². The molecule has 2 amide bonds. The van der Waals surface area contributed by atoms with Crippen LogP contribution in [0.1, 0.15) is 42.5 Å². The fourth-order valence-corrected chi connectivity index (χ4v) is 3.70. The number of nitrogens with one attached hydrogen (secondary N) is 1. The Labute approximate surface area is 194 Å². The van der Waals surface area contributed by atoms with Gasteiger partial charge in [-0.05, 0) is 35.7 Å². The second-order valence-corrected chi connectivity index (χ2v) is 7.74. The molecule has 0 aliphatic heterocycles. The molecule has 33 heavy (non-hydrogen) atoms. The quantitative estimate of drug-likeness (QED) is 0.474. The van der Waals surface area contributed by atoms with Crippen molar-refractivity contribution in [2.45, 2.75) is 38.9 Å². The highest BCUT2D eigenvalue weighted by Crippen LogP contribution is 2.26. The van der Waals surface area contributed by atoms with Gasteiger partial charge in [0, 0.05) is 25.1 Å². The lowest BCUT2D eigenvalue weighted by atomic mass is 10.0. The van der Waals surface area contributed by atoms with Crippen LogP contribution < -0.4 is 10.1 Å². The average molecular weight is 449 g/mol. The summed E-state index contributed by atoms with van der Waals surface area (Å²) in [5, 5.41) is 2.97. The molecule has 3 aromatic rings. The van der Waals surface area contributed by atoms with Gasteiger partial charge in [0.15, 0.2) is 0 Å². The van der Waals surface area contributed by atoms with Crippen LogP contribution in [-0.4, -0.2) is 23.8 Å². The summed E-state index contributed by atoms with van der Waals surface area (Å²) in [6.45, 7) is 2.38. The normalized spacial score (nSPS) is 11.5.